The highest BCUT2D eigenvalue weighted by atomic mass is 32.2. The Hall–Kier alpha value is -3.90. The van der Waals surface area contributed by atoms with Crippen LogP contribution in [0.4, 0.5) is 0 Å². The third-order valence-corrected chi connectivity index (χ3v) is 6.21. The number of thioether (sulfide) groups is 1. The van der Waals surface area contributed by atoms with E-state index in [2.05, 4.69) is 24.0 Å². The van der Waals surface area contributed by atoms with Crippen LogP contribution in [0.25, 0.3) is 11.8 Å². The standard InChI is InChI=1S/C27H21N3O2S/c1-18-10-12-19(13-11-18)16-32-22-9-5-6-20(14-22)15-23-25(28)30-24(21-7-3-2-4-8-21)17-33-27(30)29-26(23)31/h2-15,17,28H,16H2,1H3/b23-15-,28-25?. The van der Waals surface area contributed by atoms with E-state index in [0.717, 1.165) is 22.4 Å². The minimum absolute atomic E-state index is 0.121. The Bertz CT molecular complexity index is 1320. The number of rotatable bonds is 5. The van der Waals surface area contributed by atoms with Crippen LogP contribution in [0.15, 0.2) is 94.8 Å². The minimum Gasteiger partial charge on any atom is -0.489 e. The van der Waals surface area contributed by atoms with Crippen LogP contribution in [0.5, 0.6) is 5.75 Å². The Labute approximate surface area is 196 Å². The van der Waals surface area contributed by atoms with E-state index in [9.17, 15) is 4.79 Å². The molecule has 162 valence electrons. The number of fused-ring (bicyclic) bond motifs is 1. The van der Waals surface area contributed by atoms with Crippen LogP contribution in [0.3, 0.4) is 0 Å². The van der Waals surface area contributed by atoms with E-state index < -0.39 is 5.91 Å². The van der Waals surface area contributed by atoms with Gasteiger partial charge < -0.3 is 4.74 Å². The molecule has 0 unspecified atom stereocenters. The van der Waals surface area contributed by atoms with Crippen molar-refractivity contribution in [2.45, 2.75) is 13.5 Å². The van der Waals surface area contributed by atoms with E-state index in [4.69, 9.17) is 10.1 Å². The first-order chi connectivity index (χ1) is 16.1. The predicted octanol–water partition coefficient (Wildman–Crippen LogP) is 5.88. The number of aryl methyl sites for hydroxylation is 1. The van der Waals surface area contributed by atoms with Gasteiger partial charge in [0.2, 0.25) is 0 Å². The van der Waals surface area contributed by atoms with Crippen LogP contribution in [0.1, 0.15) is 22.3 Å². The Kier molecular flexibility index (Phi) is 5.67. The monoisotopic (exact) mass is 451 g/mol. The molecular weight excluding hydrogens is 430 g/mol. The number of amidine groups is 2. The zero-order chi connectivity index (χ0) is 22.8. The molecule has 2 aliphatic rings. The molecule has 6 heteroatoms. The number of amides is 1. The molecule has 0 saturated carbocycles. The van der Waals surface area contributed by atoms with Crippen molar-refractivity contribution in [3.63, 3.8) is 0 Å². The number of hydrogen-bond acceptors (Lipinski definition) is 4. The van der Waals surface area contributed by atoms with Crippen LogP contribution < -0.4 is 4.74 Å². The maximum atomic E-state index is 12.7. The van der Waals surface area contributed by atoms with Gasteiger partial charge in [-0.1, -0.05) is 84.1 Å². The molecule has 0 fully saturated rings. The summed E-state index contributed by atoms with van der Waals surface area (Å²) in [6, 6.07) is 25.5. The van der Waals surface area contributed by atoms with E-state index in [1.807, 2.05) is 72.1 Å². The highest BCUT2D eigenvalue weighted by molar-refractivity contribution is 8.17. The second-order valence-electron chi connectivity index (χ2n) is 7.78. The van der Waals surface area contributed by atoms with Crippen molar-refractivity contribution in [1.82, 2.24) is 4.90 Å². The van der Waals surface area contributed by atoms with Gasteiger partial charge >= 0.3 is 0 Å². The number of nitrogens with one attached hydrogen (secondary N) is 1. The average molecular weight is 452 g/mol. The van der Waals surface area contributed by atoms with Gasteiger partial charge in [-0.2, -0.15) is 4.99 Å². The predicted molar refractivity (Wildman–Crippen MR) is 134 cm³/mol. The summed E-state index contributed by atoms with van der Waals surface area (Å²) in [6.07, 6.45) is 1.70. The zero-order valence-corrected chi connectivity index (χ0v) is 18.8. The number of carbonyl (C=O) groups is 1. The van der Waals surface area contributed by atoms with Gasteiger partial charge in [0, 0.05) is 5.41 Å². The Morgan fingerprint density at radius 2 is 1.82 bits per heavy atom. The van der Waals surface area contributed by atoms with Gasteiger partial charge in [0.15, 0.2) is 5.17 Å². The SMILES string of the molecule is Cc1ccc(COc2cccc(/C=C3/C(=N)N4C(c5ccccc5)=CSC4=NC3=O)c2)cc1. The van der Waals surface area contributed by atoms with Crippen molar-refractivity contribution < 1.29 is 9.53 Å². The molecule has 0 saturated heterocycles. The third kappa shape index (κ3) is 4.38. The molecule has 0 spiro atoms. The number of nitrogens with zero attached hydrogens (tertiary/aromatic N) is 2. The Balaban J connectivity index is 1.38. The lowest BCUT2D eigenvalue weighted by Crippen LogP contribution is -2.38. The summed E-state index contributed by atoms with van der Waals surface area (Å²) >= 11 is 1.36. The summed E-state index contributed by atoms with van der Waals surface area (Å²) in [4.78, 5) is 18.7. The fourth-order valence-electron chi connectivity index (χ4n) is 3.63. The first-order valence-electron chi connectivity index (χ1n) is 10.5. The van der Waals surface area contributed by atoms with Gasteiger partial charge in [-0.3, -0.25) is 15.1 Å². The molecule has 2 aliphatic heterocycles. The number of carbonyl (C=O) groups excluding carboxylic acids is 1. The molecule has 5 rings (SSSR count). The van der Waals surface area contributed by atoms with E-state index in [-0.39, 0.29) is 11.4 Å². The van der Waals surface area contributed by atoms with Gasteiger partial charge in [-0.05, 0) is 41.8 Å². The molecule has 3 aromatic carbocycles. The van der Waals surface area contributed by atoms with Gasteiger partial charge in [0.1, 0.15) is 18.2 Å². The lowest BCUT2D eigenvalue weighted by Gasteiger charge is -2.26. The maximum absolute atomic E-state index is 12.7. The smallest absolute Gasteiger partial charge is 0.283 e. The molecule has 0 bridgehead atoms. The van der Waals surface area contributed by atoms with E-state index in [1.54, 1.807) is 11.0 Å². The first-order valence-corrected chi connectivity index (χ1v) is 11.4. The van der Waals surface area contributed by atoms with Crippen molar-refractivity contribution in [2.75, 3.05) is 0 Å². The van der Waals surface area contributed by atoms with Crippen molar-refractivity contribution in [3.05, 3.63) is 112 Å². The van der Waals surface area contributed by atoms with Crippen LogP contribution in [0, 0.1) is 12.3 Å². The van der Waals surface area contributed by atoms with Crippen LogP contribution in [-0.4, -0.2) is 21.8 Å². The van der Waals surface area contributed by atoms with E-state index in [1.165, 1.54) is 17.3 Å². The lowest BCUT2D eigenvalue weighted by molar-refractivity contribution is -0.114. The molecule has 3 aromatic rings. The van der Waals surface area contributed by atoms with Crippen LogP contribution >= 0.6 is 11.8 Å². The topological polar surface area (TPSA) is 65.8 Å². The molecule has 1 N–H and O–H groups in total. The minimum atomic E-state index is -0.410. The highest BCUT2D eigenvalue weighted by Crippen LogP contribution is 2.37. The lowest BCUT2D eigenvalue weighted by atomic mass is 10.1. The van der Waals surface area contributed by atoms with Crippen molar-refractivity contribution in [2.24, 2.45) is 4.99 Å². The molecular formula is C27H21N3O2S. The molecule has 5 nitrogen and oxygen atoms in total. The molecule has 2 heterocycles. The molecule has 0 aliphatic carbocycles. The van der Waals surface area contributed by atoms with Crippen LogP contribution in [0.2, 0.25) is 0 Å². The first kappa shape index (κ1) is 21.0. The van der Waals surface area contributed by atoms with E-state index >= 15 is 0 Å². The summed E-state index contributed by atoms with van der Waals surface area (Å²) in [5.74, 6) is 0.411. The molecule has 33 heavy (non-hydrogen) atoms. The van der Waals surface area contributed by atoms with Gasteiger partial charge in [0.05, 0.1) is 11.3 Å². The van der Waals surface area contributed by atoms with Crippen LogP contribution in [-0.2, 0) is 11.4 Å². The summed E-state index contributed by atoms with van der Waals surface area (Å²) in [5.41, 5.74) is 5.14. The average Bonchev–Trinajstić information content (AvgIpc) is 3.26. The summed E-state index contributed by atoms with van der Waals surface area (Å²) in [6.45, 7) is 2.51. The van der Waals surface area contributed by atoms with Gasteiger partial charge in [-0.15, -0.1) is 0 Å². The van der Waals surface area contributed by atoms with Gasteiger partial charge in [-0.25, -0.2) is 0 Å². The molecule has 0 radical (unpaired) electrons. The van der Waals surface area contributed by atoms with Crippen molar-refractivity contribution in [3.8, 4) is 5.75 Å². The second-order valence-corrected chi connectivity index (χ2v) is 8.61. The molecule has 1 amide bonds. The maximum Gasteiger partial charge on any atom is 0.283 e. The molecule has 0 atom stereocenters. The number of ether oxygens (including phenoxy) is 1. The zero-order valence-electron chi connectivity index (χ0n) is 18.0. The normalized spacial score (nSPS) is 16.5. The number of aliphatic imine (C=N–C) groups is 1. The summed E-state index contributed by atoms with van der Waals surface area (Å²) in [5, 5.41) is 11.2. The Morgan fingerprint density at radius 1 is 1.03 bits per heavy atom. The fourth-order valence-corrected chi connectivity index (χ4v) is 4.52. The van der Waals surface area contributed by atoms with Crippen molar-refractivity contribution in [1.29, 1.82) is 5.41 Å². The van der Waals surface area contributed by atoms with Gasteiger partial charge in [0.25, 0.3) is 5.91 Å². The number of hydrogen-bond donors (Lipinski definition) is 1. The summed E-state index contributed by atoms with van der Waals surface area (Å²) < 4.78 is 5.94. The fraction of sp³-hybridized carbons (Fsp3) is 0.0741. The number of benzene rings is 3. The van der Waals surface area contributed by atoms with Crippen molar-refractivity contribution >= 4 is 40.4 Å². The molecule has 0 aromatic heterocycles. The Morgan fingerprint density at radius 3 is 2.61 bits per heavy atom. The highest BCUT2D eigenvalue weighted by Gasteiger charge is 2.36. The largest absolute Gasteiger partial charge is 0.489 e. The summed E-state index contributed by atoms with van der Waals surface area (Å²) in [7, 11) is 0. The van der Waals surface area contributed by atoms with E-state index in [0.29, 0.717) is 17.5 Å². The second kappa shape index (κ2) is 8.92. The quantitative estimate of drug-likeness (QED) is 0.492. The third-order valence-electron chi connectivity index (χ3n) is 5.38.